The standard InChI is InChI=1S/C22H27N3O4/c1-21(2)10-17-11-22(3,13-21)14-25(17)19(27)12-29-20(28)15-4-6-16(7-5-15)24-18(26)8-9-23/h4-7,17H,8,10-14H2,1-3H3,(H,24,26)/t17-,22+/m1/s1. The Balaban J connectivity index is 1.54. The number of hydrogen-bond donors (Lipinski definition) is 1. The van der Waals surface area contributed by atoms with Crippen molar-refractivity contribution in [1.29, 1.82) is 5.26 Å². The topological polar surface area (TPSA) is 99.5 Å². The molecule has 1 saturated carbocycles. The zero-order chi connectivity index (χ0) is 21.2. The molecule has 3 rings (SSSR count). The quantitative estimate of drug-likeness (QED) is 0.770. The summed E-state index contributed by atoms with van der Waals surface area (Å²) in [6, 6.07) is 8.12. The maximum atomic E-state index is 12.7. The highest BCUT2D eigenvalue weighted by atomic mass is 16.5. The number of carbonyl (C=O) groups is 3. The van der Waals surface area contributed by atoms with Gasteiger partial charge in [-0.3, -0.25) is 9.59 Å². The SMILES string of the molecule is CC1(C)C[C@@H]2C[C@](C)(CN2C(=O)COC(=O)c2ccc(NC(=O)CC#N)cc2)C1. The fourth-order valence-corrected chi connectivity index (χ4v) is 5.01. The maximum absolute atomic E-state index is 12.7. The summed E-state index contributed by atoms with van der Waals surface area (Å²) in [4.78, 5) is 38.3. The van der Waals surface area contributed by atoms with Crippen LogP contribution in [0.4, 0.5) is 5.69 Å². The second kappa shape index (κ2) is 7.86. The van der Waals surface area contributed by atoms with Gasteiger partial charge in [-0.25, -0.2) is 4.79 Å². The molecule has 1 saturated heterocycles. The lowest BCUT2D eigenvalue weighted by Crippen LogP contribution is -2.39. The number of fused-ring (bicyclic) bond motifs is 2. The summed E-state index contributed by atoms with van der Waals surface area (Å²) in [6.45, 7) is 7.17. The third kappa shape index (κ3) is 4.94. The molecule has 2 fully saturated rings. The number of esters is 1. The molecule has 1 N–H and O–H groups in total. The number of ether oxygens (including phenoxy) is 1. The number of benzene rings is 1. The van der Waals surface area contributed by atoms with E-state index in [9.17, 15) is 14.4 Å². The maximum Gasteiger partial charge on any atom is 0.338 e. The summed E-state index contributed by atoms with van der Waals surface area (Å²) in [5.41, 5.74) is 1.13. The molecule has 1 aromatic rings. The summed E-state index contributed by atoms with van der Waals surface area (Å²) < 4.78 is 5.23. The van der Waals surface area contributed by atoms with Gasteiger partial charge in [0.1, 0.15) is 6.42 Å². The normalized spacial score (nSPS) is 24.5. The van der Waals surface area contributed by atoms with Gasteiger partial charge in [0.15, 0.2) is 6.61 Å². The van der Waals surface area contributed by atoms with E-state index in [4.69, 9.17) is 10.00 Å². The van der Waals surface area contributed by atoms with Crippen LogP contribution in [0.2, 0.25) is 0 Å². The second-order valence-corrected chi connectivity index (χ2v) is 9.27. The Hall–Kier alpha value is -2.88. The largest absolute Gasteiger partial charge is 0.452 e. The van der Waals surface area contributed by atoms with Gasteiger partial charge in [-0.2, -0.15) is 5.26 Å². The lowest BCUT2D eigenvalue weighted by molar-refractivity contribution is -0.135. The van der Waals surface area contributed by atoms with Crippen LogP contribution in [-0.2, 0) is 14.3 Å². The molecule has 2 aliphatic rings. The van der Waals surface area contributed by atoms with Crippen LogP contribution in [0, 0.1) is 22.2 Å². The van der Waals surface area contributed by atoms with Crippen molar-refractivity contribution in [3.63, 3.8) is 0 Å². The zero-order valence-corrected chi connectivity index (χ0v) is 17.2. The molecule has 1 aliphatic carbocycles. The molecule has 0 aromatic heterocycles. The van der Waals surface area contributed by atoms with Crippen molar-refractivity contribution >= 4 is 23.5 Å². The minimum absolute atomic E-state index is 0.137. The molecule has 2 atom stereocenters. The first-order valence-corrected chi connectivity index (χ1v) is 9.84. The third-order valence-corrected chi connectivity index (χ3v) is 5.71. The smallest absolute Gasteiger partial charge is 0.338 e. The summed E-state index contributed by atoms with van der Waals surface area (Å²) in [5, 5.41) is 11.1. The average molecular weight is 397 g/mol. The van der Waals surface area contributed by atoms with Gasteiger partial charge in [0.2, 0.25) is 5.91 Å². The van der Waals surface area contributed by atoms with E-state index < -0.39 is 11.9 Å². The van der Waals surface area contributed by atoms with Crippen molar-refractivity contribution < 1.29 is 19.1 Å². The van der Waals surface area contributed by atoms with E-state index in [1.807, 2.05) is 4.90 Å². The lowest BCUT2D eigenvalue weighted by Gasteiger charge is -2.39. The molecule has 154 valence electrons. The van der Waals surface area contributed by atoms with Crippen LogP contribution in [-0.4, -0.2) is 41.9 Å². The van der Waals surface area contributed by atoms with E-state index in [2.05, 4.69) is 26.1 Å². The molecular formula is C22H27N3O4. The predicted octanol–water partition coefficient (Wildman–Crippen LogP) is 3.12. The molecule has 0 radical (unpaired) electrons. The van der Waals surface area contributed by atoms with E-state index in [0.29, 0.717) is 17.8 Å². The van der Waals surface area contributed by atoms with Crippen molar-refractivity contribution in [1.82, 2.24) is 4.90 Å². The van der Waals surface area contributed by atoms with Crippen LogP contribution >= 0.6 is 0 Å². The highest BCUT2D eigenvalue weighted by molar-refractivity contribution is 5.94. The van der Waals surface area contributed by atoms with Gasteiger partial charge >= 0.3 is 5.97 Å². The van der Waals surface area contributed by atoms with Gasteiger partial charge in [0, 0.05) is 18.3 Å². The van der Waals surface area contributed by atoms with Crippen LogP contribution in [0.3, 0.4) is 0 Å². The molecule has 2 amide bonds. The average Bonchev–Trinajstić information content (AvgIpc) is 2.89. The number of amides is 2. The van der Waals surface area contributed by atoms with Crippen LogP contribution in [0.25, 0.3) is 0 Å². The molecule has 0 spiro atoms. The summed E-state index contributed by atoms with van der Waals surface area (Å²) in [5.74, 6) is -1.15. The van der Waals surface area contributed by atoms with Crippen molar-refractivity contribution in [3.05, 3.63) is 29.8 Å². The predicted molar refractivity (Wildman–Crippen MR) is 107 cm³/mol. The van der Waals surface area contributed by atoms with Gasteiger partial charge in [-0.1, -0.05) is 20.8 Å². The molecule has 0 unspecified atom stereocenters. The number of hydrogen-bond acceptors (Lipinski definition) is 5. The van der Waals surface area contributed by atoms with E-state index >= 15 is 0 Å². The van der Waals surface area contributed by atoms with Crippen molar-refractivity contribution in [2.75, 3.05) is 18.5 Å². The number of carbonyl (C=O) groups excluding carboxylic acids is 3. The van der Waals surface area contributed by atoms with Gasteiger partial charge in [-0.05, 0) is 54.4 Å². The number of rotatable bonds is 5. The first-order chi connectivity index (χ1) is 13.6. The van der Waals surface area contributed by atoms with Crippen LogP contribution < -0.4 is 5.32 Å². The fourth-order valence-electron chi connectivity index (χ4n) is 5.01. The Morgan fingerprint density at radius 2 is 1.90 bits per heavy atom. The summed E-state index contributed by atoms with van der Waals surface area (Å²) in [6.07, 6.45) is 2.84. The molecule has 29 heavy (non-hydrogen) atoms. The van der Waals surface area contributed by atoms with E-state index in [1.54, 1.807) is 18.2 Å². The molecule has 1 aromatic carbocycles. The number of anilines is 1. The van der Waals surface area contributed by atoms with E-state index in [-0.39, 0.29) is 35.8 Å². The molecule has 2 bridgehead atoms. The summed E-state index contributed by atoms with van der Waals surface area (Å²) >= 11 is 0. The van der Waals surface area contributed by atoms with Crippen LogP contribution in [0.15, 0.2) is 24.3 Å². The Labute approximate surface area is 171 Å². The first-order valence-electron chi connectivity index (χ1n) is 9.84. The van der Waals surface area contributed by atoms with Crippen molar-refractivity contribution in [3.8, 4) is 6.07 Å². The Morgan fingerprint density at radius 1 is 1.21 bits per heavy atom. The minimum atomic E-state index is -0.582. The Bertz CT molecular complexity index is 856. The van der Waals surface area contributed by atoms with Gasteiger partial charge in [0.05, 0.1) is 11.6 Å². The minimum Gasteiger partial charge on any atom is -0.452 e. The molecule has 7 heteroatoms. The number of likely N-dealkylation sites (tertiary alicyclic amines) is 1. The number of nitrogens with zero attached hydrogens (tertiary/aromatic N) is 2. The number of nitriles is 1. The van der Waals surface area contributed by atoms with Gasteiger partial charge in [-0.15, -0.1) is 0 Å². The molecule has 1 heterocycles. The van der Waals surface area contributed by atoms with Gasteiger partial charge in [0.25, 0.3) is 5.91 Å². The second-order valence-electron chi connectivity index (χ2n) is 9.27. The third-order valence-electron chi connectivity index (χ3n) is 5.71. The highest BCUT2D eigenvalue weighted by Gasteiger charge is 2.50. The molecule has 7 nitrogen and oxygen atoms in total. The van der Waals surface area contributed by atoms with Gasteiger partial charge < -0.3 is 15.0 Å². The zero-order valence-electron chi connectivity index (χ0n) is 17.2. The van der Waals surface area contributed by atoms with E-state index in [0.717, 1.165) is 19.3 Å². The lowest BCUT2D eigenvalue weighted by atomic mass is 9.65. The number of nitrogens with one attached hydrogen (secondary N) is 1. The van der Waals surface area contributed by atoms with E-state index in [1.165, 1.54) is 12.1 Å². The molecule has 1 aliphatic heterocycles. The fraction of sp³-hybridized carbons (Fsp3) is 0.545. The summed E-state index contributed by atoms with van der Waals surface area (Å²) in [7, 11) is 0. The van der Waals surface area contributed by atoms with Crippen molar-refractivity contribution in [2.24, 2.45) is 10.8 Å². The molecular weight excluding hydrogens is 370 g/mol. The monoisotopic (exact) mass is 397 g/mol. The Morgan fingerprint density at radius 3 is 2.55 bits per heavy atom. The highest BCUT2D eigenvalue weighted by Crippen LogP contribution is 2.52. The van der Waals surface area contributed by atoms with Crippen molar-refractivity contribution in [2.45, 2.75) is 52.5 Å². The first kappa shape index (κ1) is 20.8. The van der Waals surface area contributed by atoms with Crippen LogP contribution in [0.1, 0.15) is 56.8 Å². The Kier molecular flexibility index (Phi) is 5.65. The van der Waals surface area contributed by atoms with Crippen LogP contribution in [0.5, 0.6) is 0 Å².